The predicted molar refractivity (Wildman–Crippen MR) is 94.6 cm³/mol. The van der Waals surface area contributed by atoms with Gasteiger partial charge in [-0.15, -0.1) is 0 Å². The van der Waals surface area contributed by atoms with E-state index in [9.17, 15) is 4.39 Å². The zero-order valence-corrected chi connectivity index (χ0v) is 13.8. The number of halogens is 1. The van der Waals surface area contributed by atoms with Crippen molar-refractivity contribution < 1.29 is 4.39 Å². The third-order valence-corrected chi connectivity index (χ3v) is 5.72. The van der Waals surface area contributed by atoms with Gasteiger partial charge in [0, 0.05) is 5.56 Å². The van der Waals surface area contributed by atoms with E-state index in [2.05, 4.69) is 29.6 Å². The average Bonchev–Trinajstić information content (AvgIpc) is 3.03. The summed E-state index contributed by atoms with van der Waals surface area (Å²) in [5.74, 6) is 0.0210. The fourth-order valence-corrected chi connectivity index (χ4v) is 4.14. The molecule has 3 nitrogen and oxygen atoms in total. The SMILES string of the molecule is CC(CCN)C1(c2ccccc2)NN=C(c2cccc(F)c2)S1. The van der Waals surface area contributed by atoms with Crippen LogP contribution in [0.25, 0.3) is 0 Å². The highest BCUT2D eigenvalue weighted by Crippen LogP contribution is 2.46. The van der Waals surface area contributed by atoms with Crippen LogP contribution in [0.1, 0.15) is 24.5 Å². The van der Waals surface area contributed by atoms with Gasteiger partial charge in [-0.1, -0.05) is 61.2 Å². The van der Waals surface area contributed by atoms with Crippen molar-refractivity contribution in [3.05, 3.63) is 71.5 Å². The average molecular weight is 329 g/mol. The molecule has 0 saturated carbocycles. The molecule has 1 heterocycles. The molecule has 2 atom stereocenters. The van der Waals surface area contributed by atoms with Gasteiger partial charge >= 0.3 is 0 Å². The van der Waals surface area contributed by atoms with Crippen LogP contribution in [0.5, 0.6) is 0 Å². The van der Waals surface area contributed by atoms with Crippen molar-refractivity contribution in [3.63, 3.8) is 0 Å². The van der Waals surface area contributed by atoms with Crippen molar-refractivity contribution in [1.82, 2.24) is 5.43 Å². The molecule has 120 valence electrons. The molecule has 23 heavy (non-hydrogen) atoms. The van der Waals surface area contributed by atoms with Crippen LogP contribution in [-0.2, 0) is 4.87 Å². The molecule has 0 saturated heterocycles. The summed E-state index contributed by atoms with van der Waals surface area (Å²) in [6.07, 6.45) is 0.876. The van der Waals surface area contributed by atoms with Crippen LogP contribution in [0, 0.1) is 11.7 Å². The zero-order valence-electron chi connectivity index (χ0n) is 13.0. The standard InChI is InChI=1S/C18H20FN3S/c1-13(10-11-20)18(15-7-3-2-4-8-15)22-21-17(23-18)14-6-5-9-16(19)12-14/h2-9,12-13,22H,10-11,20H2,1H3. The summed E-state index contributed by atoms with van der Waals surface area (Å²) in [7, 11) is 0. The van der Waals surface area contributed by atoms with Crippen molar-refractivity contribution in [2.75, 3.05) is 6.54 Å². The molecule has 0 amide bonds. The Bertz CT molecular complexity index is 704. The normalized spacial score (nSPS) is 21.6. The van der Waals surface area contributed by atoms with Crippen molar-refractivity contribution in [3.8, 4) is 0 Å². The number of thioether (sulfide) groups is 1. The van der Waals surface area contributed by atoms with Gasteiger partial charge < -0.3 is 5.73 Å². The predicted octanol–water partition coefficient (Wildman–Crippen LogP) is 3.66. The first-order valence-corrected chi connectivity index (χ1v) is 8.53. The zero-order chi connectivity index (χ0) is 16.3. The molecule has 0 radical (unpaired) electrons. The summed E-state index contributed by atoms with van der Waals surface area (Å²) >= 11 is 1.64. The quantitative estimate of drug-likeness (QED) is 0.880. The molecule has 3 rings (SSSR count). The van der Waals surface area contributed by atoms with Crippen LogP contribution in [0.2, 0.25) is 0 Å². The number of nitrogens with one attached hydrogen (secondary N) is 1. The van der Waals surface area contributed by atoms with E-state index in [1.807, 2.05) is 24.3 Å². The lowest BCUT2D eigenvalue weighted by molar-refractivity contribution is 0.342. The molecule has 0 aliphatic carbocycles. The minimum absolute atomic E-state index is 0.252. The number of hydrogen-bond donors (Lipinski definition) is 2. The molecule has 0 spiro atoms. The fourth-order valence-electron chi connectivity index (χ4n) is 2.83. The van der Waals surface area contributed by atoms with Gasteiger partial charge in [0.25, 0.3) is 0 Å². The summed E-state index contributed by atoms with van der Waals surface area (Å²) in [6, 6.07) is 16.8. The largest absolute Gasteiger partial charge is 0.330 e. The molecule has 2 aromatic rings. The van der Waals surface area contributed by atoms with Gasteiger partial charge in [0.2, 0.25) is 0 Å². The highest BCUT2D eigenvalue weighted by Gasteiger charge is 2.43. The number of hydrogen-bond acceptors (Lipinski definition) is 4. The Morgan fingerprint density at radius 2 is 2.00 bits per heavy atom. The molecule has 1 aliphatic heterocycles. The topological polar surface area (TPSA) is 50.4 Å². The van der Waals surface area contributed by atoms with Crippen LogP contribution in [0.4, 0.5) is 4.39 Å². The minimum Gasteiger partial charge on any atom is -0.330 e. The van der Waals surface area contributed by atoms with E-state index in [4.69, 9.17) is 5.73 Å². The van der Waals surface area contributed by atoms with Gasteiger partial charge in [0.15, 0.2) is 0 Å². The second kappa shape index (κ2) is 6.72. The first kappa shape index (κ1) is 16.0. The number of nitrogens with two attached hydrogens (primary N) is 1. The summed E-state index contributed by atoms with van der Waals surface area (Å²) in [4.78, 5) is -0.373. The molecule has 2 aromatic carbocycles. The van der Waals surface area contributed by atoms with E-state index in [-0.39, 0.29) is 16.6 Å². The molecule has 1 aliphatic rings. The van der Waals surface area contributed by atoms with Crippen molar-refractivity contribution >= 4 is 16.8 Å². The maximum absolute atomic E-state index is 13.5. The lowest BCUT2D eigenvalue weighted by atomic mass is 9.91. The van der Waals surface area contributed by atoms with Gasteiger partial charge in [-0.2, -0.15) is 5.10 Å². The maximum atomic E-state index is 13.5. The lowest BCUT2D eigenvalue weighted by Gasteiger charge is -2.34. The second-order valence-corrected chi connectivity index (χ2v) is 6.96. The maximum Gasteiger partial charge on any atom is 0.133 e. The molecule has 5 heteroatoms. The van der Waals surface area contributed by atoms with E-state index >= 15 is 0 Å². The van der Waals surface area contributed by atoms with Crippen LogP contribution in [0.15, 0.2) is 59.7 Å². The Balaban J connectivity index is 1.94. The number of rotatable bonds is 5. The van der Waals surface area contributed by atoms with E-state index in [1.54, 1.807) is 17.8 Å². The highest BCUT2D eigenvalue weighted by atomic mass is 32.2. The smallest absolute Gasteiger partial charge is 0.133 e. The third kappa shape index (κ3) is 3.12. The van der Waals surface area contributed by atoms with Gasteiger partial charge in [-0.05, 0) is 36.6 Å². The molecule has 3 N–H and O–H groups in total. The highest BCUT2D eigenvalue weighted by molar-refractivity contribution is 8.15. The lowest BCUT2D eigenvalue weighted by Crippen LogP contribution is -2.40. The Morgan fingerprint density at radius 3 is 2.70 bits per heavy atom. The van der Waals surface area contributed by atoms with E-state index in [0.29, 0.717) is 6.54 Å². The van der Waals surface area contributed by atoms with Crippen LogP contribution in [0.3, 0.4) is 0 Å². The first-order chi connectivity index (χ1) is 11.2. The first-order valence-electron chi connectivity index (χ1n) is 7.71. The van der Waals surface area contributed by atoms with Gasteiger partial charge in [0.1, 0.15) is 15.7 Å². The molecular formula is C18H20FN3S. The molecular weight excluding hydrogens is 309 g/mol. The Hall–Kier alpha value is -1.85. The van der Waals surface area contributed by atoms with Crippen LogP contribution in [-0.4, -0.2) is 11.6 Å². The fraction of sp³-hybridized carbons (Fsp3) is 0.278. The summed E-state index contributed by atoms with van der Waals surface area (Å²) in [5, 5.41) is 5.31. The minimum atomic E-state index is -0.373. The van der Waals surface area contributed by atoms with Gasteiger partial charge in [-0.3, -0.25) is 5.43 Å². The van der Waals surface area contributed by atoms with Crippen molar-refractivity contribution in [2.24, 2.45) is 16.8 Å². The van der Waals surface area contributed by atoms with Crippen LogP contribution >= 0.6 is 11.8 Å². The summed E-state index contributed by atoms with van der Waals surface area (Å²) in [6.45, 7) is 2.79. The van der Waals surface area contributed by atoms with Crippen LogP contribution < -0.4 is 11.2 Å². The molecule has 0 aromatic heterocycles. The van der Waals surface area contributed by atoms with Crippen molar-refractivity contribution in [1.29, 1.82) is 0 Å². The molecule has 0 bridgehead atoms. The summed E-state index contributed by atoms with van der Waals surface area (Å²) < 4.78 is 13.5. The Kier molecular flexibility index (Phi) is 4.68. The third-order valence-electron chi connectivity index (χ3n) is 4.15. The second-order valence-electron chi connectivity index (χ2n) is 5.72. The van der Waals surface area contributed by atoms with E-state index < -0.39 is 0 Å². The molecule has 0 fully saturated rings. The van der Waals surface area contributed by atoms with E-state index in [0.717, 1.165) is 22.6 Å². The van der Waals surface area contributed by atoms with E-state index in [1.165, 1.54) is 12.1 Å². The summed E-state index contributed by atoms with van der Waals surface area (Å²) in [5.41, 5.74) is 11.0. The Morgan fingerprint density at radius 1 is 1.22 bits per heavy atom. The Labute approximate surface area is 140 Å². The number of hydrazone groups is 1. The molecule has 2 unspecified atom stereocenters. The van der Waals surface area contributed by atoms with Gasteiger partial charge in [0.05, 0.1) is 0 Å². The van der Waals surface area contributed by atoms with Gasteiger partial charge in [-0.25, -0.2) is 4.39 Å². The van der Waals surface area contributed by atoms with Crippen molar-refractivity contribution in [2.45, 2.75) is 18.2 Å². The number of benzene rings is 2. The number of nitrogens with zero attached hydrogens (tertiary/aromatic N) is 1. The monoisotopic (exact) mass is 329 g/mol.